The minimum absolute atomic E-state index is 0.126. The summed E-state index contributed by atoms with van der Waals surface area (Å²) in [6, 6.07) is 42.5. The normalized spacial score (nSPS) is 10.9. The molecule has 0 heterocycles. The van der Waals surface area contributed by atoms with Crippen molar-refractivity contribution in [1.29, 1.82) is 0 Å². The molecule has 0 bridgehead atoms. The smallest absolute Gasteiger partial charge is 0.0134 e. The van der Waals surface area contributed by atoms with Crippen molar-refractivity contribution in [3.8, 4) is 0 Å². The summed E-state index contributed by atoms with van der Waals surface area (Å²) in [5.74, 6) is 0. The molecular weight excluding hydrogens is 619 g/mol. The Bertz CT molecular complexity index is 882. The molecule has 0 aliphatic heterocycles. The number of rotatable bonds is 6. The molecule has 4 rings (SSSR count). The molecule has 0 amide bonds. The van der Waals surface area contributed by atoms with Crippen LogP contribution in [-0.4, -0.2) is 7.11 Å². The maximum Gasteiger partial charge on any atom is -0.0134 e. The van der Waals surface area contributed by atoms with Crippen molar-refractivity contribution in [2.75, 3.05) is 7.11 Å². The third-order valence-corrected chi connectivity index (χ3v) is 7.03. The van der Waals surface area contributed by atoms with Crippen LogP contribution in [0.1, 0.15) is 18.5 Å². The van der Waals surface area contributed by atoms with Crippen LogP contribution in [0.3, 0.4) is 0 Å². The van der Waals surface area contributed by atoms with Crippen molar-refractivity contribution in [2.45, 2.75) is 13.0 Å². The zero-order valence-corrected chi connectivity index (χ0v) is 22.7. The predicted octanol–water partition coefficient (Wildman–Crippen LogP) is 7.01. The zero-order chi connectivity index (χ0) is 23.0. The second kappa shape index (κ2) is 16.3. The summed E-state index contributed by atoms with van der Waals surface area (Å²) in [4.78, 5) is 4.68. The number of hydrogen-bond acceptors (Lipinski definition) is 1. The molecule has 4 aromatic carbocycles. The maximum atomic E-state index is 4.68. The molecular formula is C27H27INOPPd. The van der Waals surface area contributed by atoms with Crippen LogP contribution in [0.25, 0.3) is 5.48 Å². The molecule has 2 nitrogen and oxygen atoms in total. The van der Waals surface area contributed by atoms with Gasteiger partial charge in [0, 0.05) is 7.11 Å². The van der Waals surface area contributed by atoms with Crippen LogP contribution in [0, 0.1) is 0 Å². The van der Waals surface area contributed by atoms with Crippen molar-refractivity contribution in [1.82, 2.24) is 0 Å². The summed E-state index contributed by atoms with van der Waals surface area (Å²) in [6.45, 7) is 2.00. The van der Waals surface area contributed by atoms with E-state index >= 15 is 0 Å². The SMILES string of the molecule is CO[N-][C@H](C)c1ccccc1.[Pd+][I].c1ccc(P(c2ccccc2)c2ccccc2)cc1. The Balaban J connectivity index is 0.000000239. The summed E-state index contributed by atoms with van der Waals surface area (Å²) >= 11 is 4.72. The van der Waals surface area contributed by atoms with Gasteiger partial charge in [0.2, 0.25) is 0 Å². The Labute approximate surface area is 214 Å². The Hall–Kier alpha value is -1.38. The number of hydroxylamine groups is 1. The fraction of sp³-hybridized carbons (Fsp3) is 0.111. The number of hydrogen-bond donors (Lipinski definition) is 0. The minimum Gasteiger partial charge on any atom is -0.0622 e. The fourth-order valence-corrected chi connectivity index (χ4v) is 5.43. The van der Waals surface area contributed by atoms with Crippen molar-refractivity contribution in [3.05, 3.63) is 132 Å². The maximum absolute atomic E-state index is 4.68. The molecule has 0 N–H and O–H groups in total. The molecule has 0 spiro atoms. The number of benzene rings is 4. The van der Waals surface area contributed by atoms with Gasteiger partial charge in [0.15, 0.2) is 0 Å². The molecule has 0 aliphatic rings. The van der Waals surface area contributed by atoms with Crippen LogP contribution in [0.2, 0.25) is 0 Å². The largest absolute Gasteiger partial charge is 0.0622 e. The molecule has 0 aliphatic carbocycles. The van der Waals surface area contributed by atoms with E-state index in [0.29, 0.717) is 0 Å². The molecule has 0 saturated heterocycles. The molecule has 32 heavy (non-hydrogen) atoms. The van der Waals surface area contributed by atoms with Crippen molar-refractivity contribution in [2.24, 2.45) is 0 Å². The molecule has 0 radical (unpaired) electrons. The Morgan fingerprint density at radius 1 is 0.625 bits per heavy atom. The summed E-state index contributed by atoms with van der Waals surface area (Å²) in [7, 11) is 1.12. The summed E-state index contributed by atoms with van der Waals surface area (Å²) in [5, 5.41) is 4.19. The molecule has 0 aromatic heterocycles. The summed E-state index contributed by atoms with van der Waals surface area (Å²) < 4.78 is 0. The molecule has 0 fully saturated rings. The Morgan fingerprint density at radius 2 is 0.938 bits per heavy atom. The first kappa shape index (κ1) is 26.9. The van der Waals surface area contributed by atoms with Gasteiger partial charge in [-0.1, -0.05) is 140 Å². The third kappa shape index (κ3) is 8.87. The van der Waals surface area contributed by atoms with Gasteiger partial charge in [-0.3, -0.25) is 0 Å². The van der Waals surface area contributed by atoms with Gasteiger partial charge in [-0.15, -0.1) is 0 Å². The molecule has 4 aromatic rings. The van der Waals surface area contributed by atoms with E-state index in [4.69, 9.17) is 0 Å². The monoisotopic (exact) mass is 645 g/mol. The van der Waals surface area contributed by atoms with E-state index in [1.165, 1.54) is 21.5 Å². The van der Waals surface area contributed by atoms with Gasteiger partial charge in [-0.25, -0.2) is 0 Å². The van der Waals surface area contributed by atoms with Crippen LogP contribution in [-0.2, 0) is 20.4 Å². The summed E-state index contributed by atoms with van der Waals surface area (Å²) in [6.07, 6.45) is 0. The molecule has 0 saturated carbocycles. The van der Waals surface area contributed by atoms with Crippen molar-refractivity contribution < 1.29 is 20.4 Å². The van der Waals surface area contributed by atoms with Crippen molar-refractivity contribution in [3.63, 3.8) is 0 Å². The van der Waals surface area contributed by atoms with E-state index in [1.54, 1.807) is 7.11 Å². The quantitative estimate of drug-likeness (QED) is 0.0958. The standard InChI is InChI=1S/C18H15P.C9H12NO.HI.Pd/c1-4-10-16(11-5-1)19(17-12-6-2-7-13-17)18-14-8-3-9-15-18;1-8(10-11-2)9-6-4-3-5-7-9;;/h1-15H;3-8H,1-2H3;1H;/q;-1;;+2/p-1/t;8-;;/m.1../s1. The first-order chi connectivity index (χ1) is 15.8. The van der Waals surface area contributed by atoms with E-state index in [0.717, 1.165) is 0 Å². The Kier molecular flexibility index (Phi) is 13.7. The average Bonchev–Trinajstić information content (AvgIpc) is 2.88. The second-order valence-corrected chi connectivity index (χ2v) is 8.94. The van der Waals surface area contributed by atoms with E-state index in [2.05, 4.69) is 117 Å². The average molecular weight is 646 g/mol. The van der Waals surface area contributed by atoms with E-state index in [-0.39, 0.29) is 6.04 Å². The van der Waals surface area contributed by atoms with Crippen LogP contribution in [0.15, 0.2) is 121 Å². The van der Waals surface area contributed by atoms with E-state index in [1.807, 2.05) is 56.8 Å². The molecule has 0 unspecified atom stereocenters. The molecule has 5 heteroatoms. The van der Waals surface area contributed by atoms with Gasteiger partial charge >= 0.3 is 35.1 Å². The molecule has 168 valence electrons. The van der Waals surface area contributed by atoms with E-state index < -0.39 is 7.92 Å². The minimum atomic E-state index is -0.446. The number of halogens is 1. The van der Waals surface area contributed by atoms with Crippen LogP contribution in [0.5, 0.6) is 0 Å². The number of nitrogens with zero attached hydrogens (tertiary/aromatic N) is 1. The topological polar surface area (TPSA) is 23.3 Å². The van der Waals surface area contributed by atoms with Gasteiger partial charge in [0.1, 0.15) is 0 Å². The first-order valence-corrected chi connectivity index (χ1v) is 16.1. The summed E-state index contributed by atoms with van der Waals surface area (Å²) in [5.41, 5.74) is 5.07. The van der Waals surface area contributed by atoms with Crippen molar-refractivity contribution >= 4 is 43.3 Å². The van der Waals surface area contributed by atoms with Gasteiger partial charge in [-0.2, -0.15) is 0 Å². The Morgan fingerprint density at radius 3 is 1.25 bits per heavy atom. The fourth-order valence-electron chi connectivity index (χ4n) is 3.13. The van der Waals surface area contributed by atoms with Crippen LogP contribution < -0.4 is 15.9 Å². The first-order valence-electron chi connectivity index (χ1n) is 10.1. The second-order valence-electron chi connectivity index (χ2n) is 6.72. The van der Waals surface area contributed by atoms with Gasteiger partial charge in [0.05, 0.1) is 0 Å². The van der Waals surface area contributed by atoms with E-state index in [9.17, 15) is 0 Å². The third-order valence-electron chi connectivity index (χ3n) is 4.59. The zero-order valence-electron chi connectivity index (χ0n) is 18.1. The van der Waals surface area contributed by atoms with Gasteiger partial charge in [-0.05, 0) is 23.8 Å². The van der Waals surface area contributed by atoms with Crippen LogP contribution in [0.4, 0.5) is 0 Å². The van der Waals surface area contributed by atoms with Gasteiger partial charge < -0.3 is 10.3 Å². The predicted molar refractivity (Wildman–Crippen MR) is 144 cm³/mol. The molecule has 1 atom stereocenters. The van der Waals surface area contributed by atoms with Crippen LogP contribution >= 0.6 is 27.4 Å². The van der Waals surface area contributed by atoms with Gasteiger partial charge in [0.25, 0.3) is 0 Å².